The summed E-state index contributed by atoms with van der Waals surface area (Å²) in [5.41, 5.74) is 2.14. The number of aromatic nitrogens is 3. The maximum Gasteiger partial charge on any atom is 0.151 e. The van der Waals surface area contributed by atoms with E-state index in [1.165, 1.54) is 0 Å². The van der Waals surface area contributed by atoms with E-state index in [0.717, 1.165) is 79.4 Å². The number of halogens is 1. The van der Waals surface area contributed by atoms with Crippen LogP contribution in [0, 0.1) is 5.41 Å². The van der Waals surface area contributed by atoms with Crippen molar-refractivity contribution < 1.29 is 9.84 Å². The van der Waals surface area contributed by atoms with Gasteiger partial charge in [-0.05, 0) is 56.4 Å². The Bertz CT molecular complexity index is 860. The second-order valence-corrected chi connectivity index (χ2v) is 9.98. The molecule has 0 amide bonds. The Labute approximate surface area is 173 Å². The van der Waals surface area contributed by atoms with Gasteiger partial charge in [-0.15, -0.1) is 10.2 Å². The number of hydrogen-bond acceptors (Lipinski definition) is 7. The van der Waals surface area contributed by atoms with E-state index in [1.807, 2.05) is 6.07 Å². The Morgan fingerprint density at radius 1 is 1.21 bits per heavy atom. The maximum absolute atomic E-state index is 9.84. The Balaban J connectivity index is 1.43. The number of nitrogens with zero attached hydrogens (tertiary/aromatic N) is 3. The first-order valence-electron chi connectivity index (χ1n) is 10.1. The molecule has 1 saturated heterocycles. The molecule has 6 nitrogen and oxygen atoms in total. The van der Waals surface area contributed by atoms with Crippen molar-refractivity contribution in [2.45, 2.75) is 56.4 Å². The molecular weight excluding hydrogens is 396 g/mol. The van der Waals surface area contributed by atoms with Crippen LogP contribution in [0.2, 0.25) is 5.15 Å². The van der Waals surface area contributed by atoms with Gasteiger partial charge in [-0.3, -0.25) is 0 Å². The molecule has 28 heavy (non-hydrogen) atoms. The van der Waals surface area contributed by atoms with E-state index in [1.54, 1.807) is 17.5 Å². The monoisotopic (exact) mass is 420 g/mol. The topological polar surface area (TPSA) is 80.2 Å². The molecule has 0 radical (unpaired) electrons. The van der Waals surface area contributed by atoms with Crippen molar-refractivity contribution in [2.24, 2.45) is 5.41 Å². The van der Waals surface area contributed by atoms with E-state index in [9.17, 15) is 5.11 Å². The maximum atomic E-state index is 9.84. The van der Waals surface area contributed by atoms with Crippen molar-refractivity contribution >= 4 is 28.6 Å². The van der Waals surface area contributed by atoms with Crippen LogP contribution < -0.4 is 5.32 Å². The Morgan fingerprint density at radius 2 is 2.00 bits per heavy atom. The molecule has 5 rings (SSSR count). The smallest absolute Gasteiger partial charge is 0.151 e. The lowest BCUT2D eigenvalue weighted by atomic mass is 9.83. The minimum Gasteiger partial charge on any atom is -0.396 e. The molecule has 0 atom stereocenters. The molecule has 1 aliphatic heterocycles. The average Bonchev–Trinajstić information content (AvgIpc) is 3.44. The van der Waals surface area contributed by atoms with E-state index in [4.69, 9.17) is 16.3 Å². The highest BCUT2D eigenvalue weighted by molar-refractivity contribution is 7.14. The second kappa shape index (κ2) is 7.20. The molecule has 8 heteroatoms. The summed E-state index contributed by atoms with van der Waals surface area (Å²) >= 11 is 7.85. The molecule has 3 heterocycles. The minimum absolute atomic E-state index is 0.104. The van der Waals surface area contributed by atoms with Crippen LogP contribution in [-0.4, -0.2) is 46.2 Å². The minimum atomic E-state index is 0.104. The number of nitrogens with one attached hydrogen (secondary N) is 1. The van der Waals surface area contributed by atoms with Gasteiger partial charge in [-0.25, -0.2) is 4.98 Å². The first-order valence-corrected chi connectivity index (χ1v) is 11.3. The highest BCUT2D eigenvalue weighted by Gasteiger charge is 2.56. The number of aliphatic hydroxyl groups is 1. The zero-order chi connectivity index (χ0) is 19.2. The fourth-order valence-corrected chi connectivity index (χ4v) is 6.43. The predicted octanol–water partition coefficient (Wildman–Crippen LogP) is 4.04. The summed E-state index contributed by atoms with van der Waals surface area (Å²) in [6, 6.07) is 2.25. The van der Waals surface area contributed by atoms with Crippen molar-refractivity contribution in [2.75, 3.05) is 25.1 Å². The summed E-state index contributed by atoms with van der Waals surface area (Å²) in [5, 5.41) is 25.1. The van der Waals surface area contributed by atoms with Crippen LogP contribution >= 0.6 is 22.9 Å². The standard InChI is InChI=1S/C20H25ClN4O2S/c21-16-9-15(23-13-1-7-27-8-2-13)14(10-22-16)17-24-25-18(28-17)20-5-3-19(11-20,12-26)4-6-20/h9-10,13,26H,1-8,11-12H2,(H,22,23). The highest BCUT2D eigenvalue weighted by Crippen LogP contribution is 2.62. The van der Waals surface area contributed by atoms with Crippen molar-refractivity contribution in [3.8, 4) is 10.6 Å². The number of hydrogen-bond donors (Lipinski definition) is 2. The molecule has 0 spiro atoms. The lowest BCUT2D eigenvalue weighted by Crippen LogP contribution is -2.28. The van der Waals surface area contributed by atoms with Gasteiger partial charge >= 0.3 is 0 Å². The summed E-state index contributed by atoms with van der Waals surface area (Å²) in [6.45, 7) is 1.86. The van der Waals surface area contributed by atoms with Crippen LogP contribution in [0.5, 0.6) is 0 Å². The normalized spacial score (nSPS) is 30.1. The fourth-order valence-electron chi connectivity index (χ4n) is 5.16. The third-order valence-corrected chi connectivity index (χ3v) is 8.29. The molecule has 2 bridgehead atoms. The Morgan fingerprint density at radius 3 is 2.71 bits per heavy atom. The van der Waals surface area contributed by atoms with E-state index in [-0.39, 0.29) is 10.8 Å². The zero-order valence-corrected chi connectivity index (χ0v) is 17.4. The van der Waals surface area contributed by atoms with E-state index < -0.39 is 0 Å². The summed E-state index contributed by atoms with van der Waals surface area (Å²) in [6.07, 6.45) is 9.20. The number of anilines is 1. The third kappa shape index (κ3) is 3.22. The van der Waals surface area contributed by atoms with Crippen LogP contribution in [0.3, 0.4) is 0 Å². The van der Waals surface area contributed by atoms with Crippen molar-refractivity contribution in [3.63, 3.8) is 0 Å². The predicted molar refractivity (Wildman–Crippen MR) is 110 cm³/mol. The van der Waals surface area contributed by atoms with Crippen LogP contribution in [0.25, 0.3) is 10.6 Å². The molecule has 2 aliphatic carbocycles. The first kappa shape index (κ1) is 18.7. The van der Waals surface area contributed by atoms with Crippen LogP contribution in [0.15, 0.2) is 12.3 Å². The molecule has 3 fully saturated rings. The van der Waals surface area contributed by atoms with Gasteiger partial charge in [0.2, 0.25) is 0 Å². The molecule has 150 valence electrons. The molecular formula is C20H25ClN4O2S. The molecule has 2 N–H and O–H groups in total. The number of pyridine rings is 1. The molecule has 0 unspecified atom stereocenters. The van der Waals surface area contributed by atoms with E-state index in [2.05, 4.69) is 20.5 Å². The summed E-state index contributed by atoms with van der Waals surface area (Å²) in [7, 11) is 0. The zero-order valence-electron chi connectivity index (χ0n) is 15.8. The lowest BCUT2D eigenvalue weighted by molar-refractivity contribution is 0.0904. The Kier molecular flexibility index (Phi) is 4.82. The largest absolute Gasteiger partial charge is 0.396 e. The van der Waals surface area contributed by atoms with Gasteiger partial charge < -0.3 is 15.2 Å². The van der Waals surface area contributed by atoms with Gasteiger partial charge in [-0.2, -0.15) is 0 Å². The highest BCUT2D eigenvalue weighted by atomic mass is 35.5. The summed E-state index contributed by atoms with van der Waals surface area (Å²) in [4.78, 5) is 4.29. The lowest BCUT2D eigenvalue weighted by Gasteiger charge is -2.25. The molecule has 2 saturated carbocycles. The number of ether oxygens (including phenoxy) is 1. The van der Waals surface area contributed by atoms with Crippen LogP contribution in [0.4, 0.5) is 5.69 Å². The second-order valence-electron chi connectivity index (χ2n) is 8.61. The van der Waals surface area contributed by atoms with Crippen molar-refractivity contribution in [3.05, 3.63) is 22.4 Å². The first-order chi connectivity index (χ1) is 13.6. The summed E-state index contributed by atoms with van der Waals surface area (Å²) in [5.74, 6) is 0. The SMILES string of the molecule is OCC12CCC(c3nnc(-c4cnc(Cl)cc4NC4CCOCC4)s3)(CC1)C2. The van der Waals surface area contributed by atoms with Gasteiger partial charge in [0.15, 0.2) is 5.01 Å². The van der Waals surface area contributed by atoms with Gasteiger partial charge in [-0.1, -0.05) is 22.9 Å². The third-order valence-electron chi connectivity index (χ3n) is 6.88. The average molecular weight is 421 g/mol. The van der Waals surface area contributed by atoms with Gasteiger partial charge in [0.25, 0.3) is 0 Å². The molecule has 0 aromatic carbocycles. The Hall–Kier alpha value is -1.28. The number of fused-ring (bicyclic) bond motifs is 2. The summed E-state index contributed by atoms with van der Waals surface area (Å²) < 4.78 is 5.46. The number of aliphatic hydroxyl groups excluding tert-OH is 1. The fraction of sp³-hybridized carbons (Fsp3) is 0.650. The van der Waals surface area contributed by atoms with E-state index in [0.29, 0.717) is 17.8 Å². The van der Waals surface area contributed by atoms with Gasteiger partial charge in [0.05, 0.1) is 5.56 Å². The molecule has 2 aromatic heterocycles. The molecule has 2 aromatic rings. The molecule has 3 aliphatic rings. The van der Waals surface area contributed by atoms with Crippen molar-refractivity contribution in [1.29, 1.82) is 0 Å². The van der Waals surface area contributed by atoms with Gasteiger partial charge in [0.1, 0.15) is 10.2 Å². The van der Waals surface area contributed by atoms with E-state index >= 15 is 0 Å². The number of rotatable bonds is 5. The van der Waals surface area contributed by atoms with Crippen LogP contribution in [0.1, 0.15) is 50.0 Å². The van der Waals surface area contributed by atoms with Crippen molar-refractivity contribution in [1.82, 2.24) is 15.2 Å². The quantitative estimate of drug-likeness (QED) is 0.710. The van der Waals surface area contributed by atoms with Crippen LogP contribution in [-0.2, 0) is 10.2 Å². The van der Waals surface area contributed by atoms with Gasteiger partial charge in [0, 0.05) is 43.2 Å².